The fourth-order valence-electron chi connectivity index (χ4n) is 2.71. The molecule has 0 fully saturated rings. The standard InChI is InChI=1S/C16H29N5O/c1-12(20(2)3)10-17-16(22)21(4)11-15-13-8-6-5-7-9-14(13)18-19-15/h12H,5-11H2,1-4H3,(H,17,22)(H,18,19)/t12-/m0/s1. The Morgan fingerprint density at radius 3 is 2.73 bits per heavy atom. The topological polar surface area (TPSA) is 64.3 Å². The quantitative estimate of drug-likeness (QED) is 0.815. The number of aromatic amines is 1. The number of nitrogens with one attached hydrogen (secondary N) is 2. The molecule has 2 amide bonds. The van der Waals surface area contributed by atoms with E-state index < -0.39 is 0 Å². The fourth-order valence-corrected chi connectivity index (χ4v) is 2.71. The number of amides is 2. The summed E-state index contributed by atoms with van der Waals surface area (Å²) in [5, 5.41) is 10.6. The van der Waals surface area contributed by atoms with Crippen molar-refractivity contribution in [3.8, 4) is 0 Å². The van der Waals surface area contributed by atoms with E-state index in [9.17, 15) is 4.79 Å². The van der Waals surface area contributed by atoms with E-state index in [4.69, 9.17) is 0 Å². The summed E-state index contributed by atoms with van der Waals surface area (Å²) >= 11 is 0. The molecule has 0 radical (unpaired) electrons. The lowest BCUT2D eigenvalue weighted by Gasteiger charge is -2.23. The second-order valence-electron chi connectivity index (χ2n) is 6.54. The maximum Gasteiger partial charge on any atom is 0.317 e. The fraction of sp³-hybridized carbons (Fsp3) is 0.750. The first-order valence-corrected chi connectivity index (χ1v) is 8.19. The minimum atomic E-state index is -0.0425. The van der Waals surface area contributed by atoms with E-state index in [1.54, 1.807) is 4.90 Å². The zero-order valence-corrected chi connectivity index (χ0v) is 14.3. The molecule has 0 saturated carbocycles. The highest BCUT2D eigenvalue weighted by Crippen LogP contribution is 2.22. The Hall–Kier alpha value is -1.56. The summed E-state index contributed by atoms with van der Waals surface area (Å²) in [7, 11) is 5.85. The van der Waals surface area contributed by atoms with E-state index in [1.165, 1.54) is 30.5 Å². The minimum Gasteiger partial charge on any atom is -0.336 e. The third-order valence-corrected chi connectivity index (χ3v) is 4.56. The van der Waals surface area contributed by atoms with Gasteiger partial charge in [0.15, 0.2) is 0 Å². The molecule has 1 aromatic rings. The number of likely N-dealkylation sites (N-methyl/N-ethyl adjacent to an activating group) is 1. The van der Waals surface area contributed by atoms with Crippen molar-refractivity contribution in [2.24, 2.45) is 0 Å². The van der Waals surface area contributed by atoms with Gasteiger partial charge in [-0.05, 0) is 52.3 Å². The van der Waals surface area contributed by atoms with Gasteiger partial charge < -0.3 is 15.1 Å². The van der Waals surface area contributed by atoms with Crippen LogP contribution in [0.5, 0.6) is 0 Å². The minimum absolute atomic E-state index is 0.0425. The second-order valence-corrected chi connectivity index (χ2v) is 6.54. The van der Waals surface area contributed by atoms with Gasteiger partial charge in [-0.15, -0.1) is 0 Å². The zero-order chi connectivity index (χ0) is 16.1. The van der Waals surface area contributed by atoms with Crippen LogP contribution in [0.1, 0.15) is 43.1 Å². The number of rotatable bonds is 5. The van der Waals surface area contributed by atoms with Crippen LogP contribution in [-0.2, 0) is 19.4 Å². The smallest absolute Gasteiger partial charge is 0.317 e. The van der Waals surface area contributed by atoms with E-state index in [0.717, 1.165) is 18.5 Å². The molecule has 1 aliphatic rings. The van der Waals surface area contributed by atoms with Crippen molar-refractivity contribution < 1.29 is 4.79 Å². The predicted molar refractivity (Wildman–Crippen MR) is 87.9 cm³/mol. The summed E-state index contributed by atoms with van der Waals surface area (Å²) in [4.78, 5) is 16.0. The molecule has 1 heterocycles. The van der Waals surface area contributed by atoms with Gasteiger partial charge in [0.2, 0.25) is 0 Å². The molecule has 124 valence electrons. The molecule has 6 nitrogen and oxygen atoms in total. The number of urea groups is 1. The van der Waals surface area contributed by atoms with Crippen LogP contribution in [-0.4, -0.2) is 59.8 Å². The molecule has 0 unspecified atom stereocenters. The van der Waals surface area contributed by atoms with E-state index in [0.29, 0.717) is 19.1 Å². The number of carbonyl (C=O) groups excluding carboxylic acids is 1. The molecule has 2 rings (SSSR count). The molecule has 1 aromatic heterocycles. The van der Waals surface area contributed by atoms with Crippen LogP contribution in [0.25, 0.3) is 0 Å². The molecular formula is C16H29N5O. The Morgan fingerprint density at radius 2 is 2.00 bits per heavy atom. The molecule has 0 aromatic carbocycles. The van der Waals surface area contributed by atoms with Crippen LogP contribution in [0, 0.1) is 0 Å². The number of H-pyrrole nitrogens is 1. The van der Waals surface area contributed by atoms with Gasteiger partial charge in [0, 0.05) is 25.3 Å². The Labute approximate surface area is 133 Å². The summed E-state index contributed by atoms with van der Waals surface area (Å²) in [5.41, 5.74) is 3.62. The Bertz CT molecular complexity index is 497. The van der Waals surface area contributed by atoms with E-state index in [2.05, 4.69) is 27.3 Å². The molecule has 0 aliphatic heterocycles. The molecule has 22 heavy (non-hydrogen) atoms. The molecule has 6 heteroatoms. The molecule has 2 N–H and O–H groups in total. The van der Waals surface area contributed by atoms with Gasteiger partial charge in [0.25, 0.3) is 0 Å². The zero-order valence-electron chi connectivity index (χ0n) is 14.3. The van der Waals surface area contributed by atoms with E-state index in [-0.39, 0.29) is 6.03 Å². The first kappa shape index (κ1) is 16.8. The van der Waals surface area contributed by atoms with E-state index in [1.807, 2.05) is 21.1 Å². The lowest BCUT2D eigenvalue weighted by atomic mass is 10.1. The Morgan fingerprint density at radius 1 is 1.27 bits per heavy atom. The van der Waals surface area contributed by atoms with Gasteiger partial charge in [0.1, 0.15) is 0 Å². The Kier molecular flexibility index (Phi) is 5.83. The first-order chi connectivity index (χ1) is 10.5. The van der Waals surface area contributed by atoms with Gasteiger partial charge in [-0.2, -0.15) is 5.10 Å². The highest BCUT2D eigenvalue weighted by Gasteiger charge is 2.19. The average Bonchev–Trinajstić information content (AvgIpc) is 2.72. The summed E-state index contributed by atoms with van der Waals surface area (Å²) in [5.74, 6) is 0. The SMILES string of the molecule is C[C@@H](CNC(=O)N(C)Cc1n[nH]c2c1CCCCC2)N(C)C. The second kappa shape index (κ2) is 7.63. The number of aromatic nitrogens is 2. The van der Waals surface area contributed by atoms with Crippen molar-refractivity contribution in [1.29, 1.82) is 0 Å². The van der Waals surface area contributed by atoms with Crippen molar-refractivity contribution in [1.82, 2.24) is 25.3 Å². The van der Waals surface area contributed by atoms with E-state index >= 15 is 0 Å². The maximum atomic E-state index is 12.2. The molecule has 0 spiro atoms. The van der Waals surface area contributed by atoms with Gasteiger partial charge in [0.05, 0.1) is 12.2 Å². The molecule has 1 aliphatic carbocycles. The molecule has 1 atom stereocenters. The summed E-state index contributed by atoms with van der Waals surface area (Å²) in [6.07, 6.45) is 5.89. The third-order valence-electron chi connectivity index (χ3n) is 4.56. The van der Waals surface area contributed by atoms with Crippen LogP contribution >= 0.6 is 0 Å². The van der Waals surface area contributed by atoms with Crippen LogP contribution in [0.4, 0.5) is 4.79 Å². The van der Waals surface area contributed by atoms with Crippen molar-refractivity contribution in [3.05, 3.63) is 17.0 Å². The van der Waals surface area contributed by atoms with Gasteiger partial charge in [-0.3, -0.25) is 5.10 Å². The lowest BCUT2D eigenvalue weighted by Crippen LogP contribution is -2.43. The van der Waals surface area contributed by atoms with Crippen LogP contribution in [0.2, 0.25) is 0 Å². The van der Waals surface area contributed by atoms with Crippen molar-refractivity contribution in [2.75, 3.05) is 27.7 Å². The summed E-state index contributed by atoms with van der Waals surface area (Å²) in [6, 6.07) is 0.276. The highest BCUT2D eigenvalue weighted by atomic mass is 16.2. The molecular weight excluding hydrogens is 278 g/mol. The predicted octanol–water partition coefficient (Wildman–Crippen LogP) is 1.77. The third kappa shape index (κ3) is 4.22. The number of aryl methyl sites for hydroxylation is 1. The number of fused-ring (bicyclic) bond motifs is 1. The maximum absolute atomic E-state index is 12.2. The van der Waals surface area contributed by atoms with Gasteiger partial charge in [-0.25, -0.2) is 4.79 Å². The van der Waals surface area contributed by atoms with Gasteiger partial charge >= 0.3 is 6.03 Å². The van der Waals surface area contributed by atoms with Crippen LogP contribution in [0.3, 0.4) is 0 Å². The summed E-state index contributed by atoms with van der Waals surface area (Å²) < 4.78 is 0. The first-order valence-electron chi connectivity index (χ1n) is 8.19. The summed E-state index contributed by atoms with van der Waals surface area (Å²) in [6.45, 7) is 3.30. The molecule has 0 saturated heterocycles. The van der Waals surface area contributed by atoms with Crippen molar-refractivity contribution in [2.45, 2.75) is 51.6 Å². The van der Waals surface area contributed by atoms with Gasteiger partial charge in [-0.1, -0.05) is 6.42 Å². The lowest BCUT2D eigenvalue weighted by molar-refractivity contribution is 0.201. The number of carbonyl (C=O) groups is 1. The van der Waals surface area contributed by atoms with Crippen molar-refractivity contribution >= 4 is 6.03 Å². The Balaban J connectivity index is 1.90. The highest BCUT2D eigenvalue weighted by molar-refractivity contribution is 5.73. The van der Waals surface area contributed by atoms with Crippen LogP contribution < -0.4 is 5.32 Å². The number of hydrogen-bond donors (Lipinski definition) is 2. The number of hydrogen-bond acceptors (Lipinski definition) is 3. The average molecular weight is 307 g/mol. The van der Waals surface area contributed by atoms with Crippen LogP contribution in [0.15, 0.2) is 0 Å². The molecule has 0 bridgehead atoms. The largest absolute Gasteiger partial charge is 0.336 e. The normalized spacial score (nSPS) is 16.0. The number of nitrogens with zero attached hydrogens (tertiary/aromatic N) is 3. The van der Waals surface area contributed by atoms with Crippen molar-refractivity contribution in [3.63, 3.8) is 0 Å². The monoisotopic (exact) mass is 307 g/mol.